The Morgan fingerprint density at radius 1 is 1.11 bits per heavy atom. The number of hydrogen-bond acceptors (Lipinski definition) is 5. The third-order valence-electron chi connectivity index (χ3n) is 7.56. The maximum absolute atomic E-state index is 13.4. The van der Waals surface area contributed by atoms with Crippen molar-refractivity contribution in [2.24, 2.45) is 0 Å². The predicted molar refractivity (Wildman–Crippen MR) is 134 cm³/mol. The molecule has 182 valence electrons. The number of nitrogens with one attached hydrogen (secondary N) is 1. The van der Waals surface area contributed by atoms with Gasteiger partial charge in [0, 0.05) is 43.5 Å². The SMILES string of the molecule is CN1c2ccccc2C(=O)N2CCc3c(n(CCC(=O)NC4CCS(=O)(=O)C4)c4ccccc34)C21. The molecule has 2 amide bonds. The summed E-state index contributed by atoms with van der Waals surface area (Å²) in [5.74, 6) is 0.0350. The van der Waals surface area contributed by atoms with Crippen LogP contribution in [-0.2, 0) is 27.6 Å². The normalized spacial score (nSPS) is 22.6. The zero-order valence-corrected chi connectivity index (χ0v) is 20.4. The van der Waals surface area contributed by atoms with Crippen LogP contribution in [0.3, 0.4) is 0 Å². The third-order valence-corrected chi connectivity index (χ3v) is 9.33. The van der Waals surface area contributed by atoms with Gasteiger partial charge in [-0.15, -0.1) is 0 Å². The molecule has 1 saturated heterocycles. The van der Waals surface area contributed by atoms with Crippen LogP contribution in [-0.4, -0.2) is 60.8 Å². The van der Waals surface area contributed by atoms with Crippen LogP contribution in [0.15, 0.2) is 48.5 Å². The predicted octanol–water partition coefficient (Wildman–Crippen LogP) is 2.48. The highest BCUT2D eigenvalue weighted by Crippen LogP contribution is 2.44. The van der Waals surface area contributed by atoms with E-state index in [0.717, 1.165) is 28.7 Å². The zero-order chi connectivity index (χ0) is 24.3. The van der Waals surface area contributed by atoms with Gasteiger partial charge in [-0.2, -0.15) is 0 Å². The monoisotopic (exact) mass is 492 g/mol. The summed E-state index contributed by atoms with van der Waals surface area (Å²) in [4.78, 5) is 30.3. The second-order valence-electron chi connectivity index (χ2n) is 9.70. The first kappa shape index (κ1) is 22.2. The number of anilines is 1. The minimum Gasteiger partial charge on any atom is -0.352 e. The molecule has 0 bridgehead atoms. The standard InChI is InChI=1S/C26H28N4O4S/c1-28-21-8-4-3-7-20(21)26(32)30-13-10-19-18-6-2-5-9-22(18)29(24(19)25(28)30)14-11-23(31)27-17-12-15-35(33,34)16-17/h2-9,17,25H,10-16H2,1H3,(H,27,31). The number of benzene rings is 2. The van der Waals surface area contributed by atoms with Crippen molar-refractivity contribution in [1.29, 1.82) is 0 Å². The maximum atomic E-state index is 13.4. The van der Waals surface area contributed by atoms with Crippen molar-refractivity contribution >= 4 is 38.2 Å². The van der Waals surface area contributed by atoms with Gasteiger partial charge in [-0.1, -0.05) is 30.3 Å². The fourth-order valence-electron chi connectivity index (χ4n) is 5.97. The van der Waals surface area contributed by atoms with Crippen LogP contribution >= 0.6 is 0 Å². The van der Waals surface area contributed by atoms with Crippen molar-refractivity contribution < 1.29 is 18.0 Å². The minimum absolute atomic E-state index is 0.0178. The largest absolute Gasteiger partial charge is 0.352 e. The van der Waals surface area contributed by atoms with Crippen LogP contribution in [0.2, 0.25) is 0 Å². The molecule has 0 radical (unpaired) electrons. The van der Waals surface area contributed by atoms with Gasteiger partial charge in [-0.3, -0.25) is 9.59 Å². The average molecular weight is 493 g/mol. The summed E-state index contributed by atoms with van der Waals surface area (Å²) in [7, 11) is -1.03. The summed E-state index contributed by atoms with van der Waals surface area (Å²) in [6.45, 7) is 1.09. The first-order valence-electron chi connectivity index (χ1n) is 12.1. The minimum atomic E-state index is -3.05. The molecule has 2 aromatic carbocycles. The quantitative estimate of drug-likeness (QED) is 0.604. The number of fused-ring (bicyclic) bond motifs is 6. The molecule has 1 fully saturated rings. The lowest BCUT2D eigenvalue weighted by molar-refractivity contribution is -0.121. The fraction of sp³-hybridized carbons (Fsp3) is 0.385. The van der Waals surface area contributed by atoms with Gasteiger partial charge in [0.2, 0.25) is 5.91 Å². The lowest BCUT2D eigenvalue weighted by atomic mass is 9.96. The highest BCUT2D eigenvalue weighted by molar-refractivity contribution is 7.91. The molecule has 35 heavy (non-hydrogen) atoms. The molecular formula is C26H28N4O4S. The molecule has 3 aliphatic rings. The van der Waals surface area contributed by atoms with Crippen molar-refractivity contribution in [2.45, 2.75) is 38.0 Å². The van der Waals surface area contributed by atoms with E-state index in [2.05, 4.69) is 26.9 Å². The molecule has 1 aromatic heterocycles. The van der Waals surface area contributed by atoms with Crippen LogP contribution < -0.4 is 10.2 Å². The summed E-state index contributed by atoms with van der Waals surface area (Å²) >= 11 is 0. The smallest absolute Gasteiger partial charge is 0.257 e. The second kappa shape index (κ2) is 8.12. The Labute approximate surface area is 204 Å². The highest BCUT2D eigenvalue weighted by atomic mass is 32.2. The van der Waals surface area contributed by atoms with Crippen LogP contribution in [0.4, 0.5) is 5.69 Å². The van der Waals surface area contributed by atoms with Crippen LogP contribution in [0.1, 0.15) is 40.6 Å². The van der Waals surface area contributed by atoms with E-state index in [0.29, 0.717) is 25.1 Å². The molecular weight excluding hydrogens is 464 g/mol. The van der Waals surface area contributed by atoms with Crippen molar-refractivity contribution in [2.75, 3.05) is 30.0 Å². The molecule has 2 atom stereocenters. The Bertz CT molecular complexity index is 1460. The third kappa shape index (κ3) is 3.60. The van der Waals surface area contributed by atoms with Crippen molar-refractivity contribution in [3.8, 4) is 0 Å². The molecule has 3 aliphatic heterocycles. The molecule has 0 aliphatic carbocycles. The number of hydrogen-bond donors (Lipinski definition) is 1. The summed E-state index contributed by atoms with van der Waals surface area (Å²) < 4.78 is 25.7. The Morgan fingerprint density at radius 3 is 2.69 bits per heavy atom. The number of carbonyl (C=O) groups excluding carboxylic acids is 2. The van der Waals surface area contributed by atoms with Crippen molar-refractivity contribution in [3.05, 3.63) is 65.4 Å². The summed E-state index contributed by atoms with van der Waals surface area (Å²) in [6, 6.07) is 15.6. The van der Waals surface area contributed by atoms with Gasteiger partial charge in [-0.25, -0.2) is 8.42 Å². The van der Waals surface area contributed by atoms with Crippen LogP contribution in [0, 0.1) is 0 Å². The molecule has 1 N–H and O–H groups in total. The first-order valence-corrected chi connectivity index (χ1v) is 13.9. The van der Waals surface area contributed by atoms with Gasteiger partial charge >= 0.3 is 0 Å². The van der Waals surface area contributed by atoms with E-state index >= 15 is 0 Å². The van der Waals surface area contributed by atoms with Crippen LogP contribution in [0.25, 0.3) is 10.9 Å². The van der Waals surface area contributed by atoms with Crippen molar-refractivity contribution in [3.63, 3.8) is 0 Å². The van der Waals surface area contributed by atoms with Crippen LogP contribution in [0.5, 0.6) is 0 Å². The number of nitrogens with zero attached hydrogens (tertiary/aromatic N) is 3. The highest BCUT2D eigenvalue weighted by Gasteiger charge is 2.42. The van der Waals surface area contributed by atoms with E-state index in [1.54, 1.807) is 0 Å². The van der Waals surface area contributed by atoms with Gasteiger partial charge in [0.1, 0.15) is 6.17 Å². The molecule has 2 unspecified atom stereocenters. The maximum Gasteiger partial charge on any atom is 0.257 e. The van der Waals surface area contributed by atoms with Gasteiger partial charge in [-0.05, 0) is 36.6 Å². The van der Waals surface area contributed by atoms with E-state index in [9.17, 15) is 18.0 Å². The molecule has 6 rings (SSSR count). The average Bonchev–Trinajstić information content (AvgIpc) is 3.36. The molecule has 4 heterocycles. The molecule has 0 saturated carbocycles. The number of carbonyl (C=O) groups is 2. The molecule has 9 heteroatoms. The Balaban J connectivity index is 1.36. The summed E-state index contributed by atoms with van der Waals surface area (Å²) in [5.41, 5.74) is 4.95. The number of para-hydroxylation sites is 2. The van der Waals surface area contributed by atoms with Gasteiger partial charge in [0.15, 0.2) is 9.84 Å². The Morgan fingerprint density at radius 2 is 1.89 bits per heavy atom. The number of rotatable bonds is 4. The number of amides is 2. The fourth-order valence-corrected chi connectivity index (χ4v) is 7.64. The molecule has 3 aromatic rings. The number of aromatic nitrogens is 1. The second-order valence-corrected chi connectivity index (χ2v) is 11.9. The zero-order valence-electron chi connectivity index (χ0n) is 19.6. The lowest BCUT2D eigenvalue weighted by Gasteiger charge is -2.46. The number of aryl methyl sites for hydroxylation is 1. The van der Waals surface area contributed by atoms with Gasteiger partial charge in [0.25, 0.3) is 5.91 Å². The molecule has 8 nitrogen and oxygen atoms in total. The van der Waals surface area contributed by atoms with E-state index in [-0.39, 0.29) is 41.9 Å². The van der Waals surface area contributed by atoms with Gasteiger partial charge in [0.05, 0.1) is 28.5 Å². The van der Waals surface area contributed by atoms with E-state index < -0.39 is 9.84 Å². The van der Waals surface area contributed by atoms with E-state index in [4.69, 9.17) is 0 Å². The van der Waals surface area contributed by atoms with Crippen molar-refractivity contribution in [1.82, 2.24) is 14.8 Å². The molecule has 0 spiro atoms. The first-order chi connectivity index (χ1) is 16.8. The Hall–Kier alpha value is -3.33. The van der Waals surface area contributed by atoms with E-state index in [1.165, 1.54) is 5.56 Å². The summed E-state index contributed by atoms with van der Waals surface area (Å²) in [6.07, 6.45) is 1.21. The topological polar surface area (TPSA) is 91.7 Å². The Kier molecular flexibility index (Phi) is 5.14. The van der Waals surface area contributed by atoms with Gasteiger partial charge < -0.3 is 19.7 Å². The number of sulfone groups is 1. The summed E-state index contributed by atoms with van der Waals surface area (Å²) in [5, 5.41) is 4.06. The van der Waals surface area contributed by atoms with E-state index in [1.807, 2.05) is 48.3 Å². The lowest BCUT2D eigenvalue weighted by Crippen LogP contribution is -2.51.